The number of ether oxygens (including phenoxy) is 2. The van der Waals surface area contributed by atoms with E-state index in [2.05, 4.69) is 19.2 Å². The molecule has 1 aromatic carbocycles. The second kappa shape index (κ2) is 9.30. The Balaban J connectivity index is 2.39. The van der Waals surface area contributed by atoms with Crippen LogP contribution in [0.25, 0.3) is 0 Å². The number of esters is 1. The van der Waals surface area contributed by atoms with Crippen molar-refractivity contribution >= 4 is 11.9 Å². The van der Waals surface area contributed by atoms with Crippen molar-refractivity contribution in [3.8, 4) is 5.75 Å². The molecule has 5 nitrogen and oxygen atoms in total. The van der Waals surface area contributed by atoms with Crippen LogP contribution >= 0.6 is 0 Å². The lowest BCUT2D eigenvalue weighted by molar-refractivity contribution is -0.150. The molecule has 0 radical (unpaired) electrons. The molecule has 0 spiro atoms. The Bertz CT molecular complexity index is 566. The van der Waals surface area contributed by atoms with E-state index in [-0.39, 0.29) is 25.2 Å². The van der Waals surface area contributed by atoms with Gasteiger partial charge in [0.05, 0.1) is 0 Å². The third-order valence-electron chi connectivity index (χ3n) is 3.97. The molecule has 1 atom stereocenters. The Hall–Kier alpha value is -2.04. The first kappa shape index (κ1) is 20.0. The van der Waals surface area contributed by atoms with Gasteiger partial charge in [0.2, 0.25) is 0 Å². The highest BCUT2D eigenvalue weighted by atomic mass is 16.6. The molecule has 0 aliphatic rings. The summed E-state index contributed by atoms with van der Waals surface area (Å²) in [4.78, 5) is 23.3. The van der Waals surface area contributed by atoms with E-state index < -0.39 is 5.97 Å². The van der Waals surface area contributed by atoms with Gasteiger partial charge in [-0.3, -0.25) is 4.79 Å². The molecule has 0 aliphatic heterocycles. The summed E-state index contributed by atoms with van der Waals surface area (Å²) >= 11 is 0. The molecule has 0 heterocycles. The van der Waals surface area contributed by atoms with Crippen molar-refractivity contribution in [2.45, 2.75) is 53.5 Å². The van der Waals surface area contributed by atoms with Crippen LogP contribution in [0, 0.1) is 12.8 Å². The van der Waals surface area contributed by atoms with Crippen LogP contribution in [0.1, 0.15) is 51.7 Å². The van der Waals surface area contributed by atoms with Crippen molar-refractivity contribution in [2.75, 3.05) is 13.2 Å². The van der Waals surface area contributed by atoms with E-state index in [0.29, 0.717) is 17.6 Å². The molecule has 1 amide bonds. The molecule has 0 bridgehead atoms. The van der Waals surface area contributed by atoms with E-state index in [1.54, 1.807) is 0 Å². The van der Waals surface area contributed by atoms with Crippen LogP contribution < -0.4 is 10.1 Å². The number of hydrogen-bond donors (Lipinski definition) is 1. The van der Waals surface area contributed by atoms with E-state index >= 15 is 0 Å². The molecule has 0 saturated heterocycles. The van der Waals surface area contributed by atoms with E-state index in [0.717, 1.165) is 5.56 Å². The summed E-state index contributed by atoms with van der Waals surface area (Å²) in [6.07, 6.45) is 0. The Kier molecular flexibility index (Phi) is 7.75. The lowest BCUT2D eigenvalue weighted by Gasteiger charge is -2.17. The Morgan fingerprint density at radius 2 is 1.75 bits per heavy atom. The number of aryl methyl sites for hydroxylation is 1. The number of benzene rings is 1. The van der Waals surface area contributed by atoms with Crippen molar-refractivity contribution in [3.05, 3.63) is 29.3 Å². The van der Waals surface area contributed by atoms with E-state index in [1.807, 2.05) is 45.9 Å². The maximum Gasteiger partial charge on any atom is 0.344 e. The minimum atomic E-state index is -0.562. The van der Waals surface area contributed by atoms with Gasteiger partial charge in [-0.25, -0.2) is 4.79 Å². The Morgan fingerprint density at radius 1 is 1.08 bits per heavy atom. The van der Waals surface area contributed by atoms with Gasteiger partial charge in [0.15, 0.2) is 13.2 Å². The molecular formula is C19H29NO4. The fourth-order valence-corrected chi connectivity index (χ4v) is 2.18. The third-order valence-corrected chi connectivity index (χ3v) is 3.97. The SMILES string of the molecule is Cc1cc(OCC(=O)OCC(=O)N[C@H](C)C(C)C)ccc1C(C)C. The monoisotopic (exact) mass is 335 g/mol. The zero-order valence-corrected chi connectivity index (χ0v) is 15.5. The zero-order chi connectivity index (χ0) is 18.3. The topological polar surface area (TPSA) is 64.6 Å². The Morgan fingerprint density at radius 3 is 2.29 bits per heavy atom. The molecule has 134 valence electrons. The van der Waals surface area contributed by atoms with Crippen LogP contribution in [0.2, 0.25) is 0 Å². The van der Waals surface area contributed by atoms with Gasteiger partial charge in [-0.15, -0.1) is 0 Å². The van der Waals surface area contributed by atoms with Gasteiger partial charge in [-0.2, -0.15) is 0 Å². The van der Waals surface area contributed by atoms with Gasteiger partial charge >= 0.3 is 5.97 Å². The number of amides is 1. The number of hydrogen-bond acceptors (Lipinski definition) is 4. The second-order valence-corrected chi connectivity index (χ2v) is 6.72. The van der Waals surface area contributed by atoms with Crippen molar-refractivity contribution < 1.29 is 19.1 Å². The van der Waals surface area contributed by atoms with E-state index in [1.165, 1.54) is 5.56 Å². The van der Waals surface area contributed by atoms with E-state index in [9.17, 15) is 9.59 Å². The van der Waals surface area contributed by atoms with Crippen LogP contribution in [0.5, 0.6) is 5.75 Å². The molecule has 5 heteroatoms. The highest BCUT2D eigenvalue weighted by molar-refractivity contribution is 5.81. The van der Waals surface area contributed by atoms with Gasteiger partial charge in [-0.05, 0) is 48.9 Å². The molecule has 0 fully saturated rings. The molecule has 1 N–H and O–H groups in total. The van der Waals surface area contributed by atoms with Crippen molar-refractivity contribution in [3.63, 3.8) is 0 Å². The van der Waals surface area contributed by atoms with Gasteiger partial charge < -0.3 is 14.8 Å². The number of nitrogens with one attached hydrogen (secondary N) is 1. The number of rotatable bonds is 8. The smallest absolute Gasteiger partial charge is 0.344 e. The highest BCUT2D eigenvalue weighted by Gasteiger charge is 2.13. The molecule has 0 saturated carbocycles. The average molecular weight is 335 g/mol. The summed E-state index contributed by atoms with van der Waals surface area (Å²) in [5, 5.41) is 2.78. The predicted octanol–water partition coefficient (Wildman–Crippen LogP) is 3.20. The molecular weight excluding hydrogens is 306 g/mol. The molecule has 1 aromatic rings. The fourth-order valence-electron chi connectivity index (χ4n) is 2.18. The summed E-state index contributed by atoms with van der Waals surface area (Å²) in [5.41, 5.74) is 2.37. The van der Waals surface area contributed by atoms with Crippen LogP contribution in [-0.4, -0.2) is 31.1 Å². The molecule has 0 aliphatic carbocycles. The summed E-state index contributed by atoms with van der Waals surface area (Å²) in [6, 6.07) is 5.78. The molecule has 24 heavy (non-hydrogen) atoms. The van der Waals surface area contributed by atoms with Gasteiger partial charge in [0.25, 0.3) is 5.91 Å². The van der Waals surface area contributed by atoms with Crippen LogP contribution in [0.3, 0.4) is 0 Å². The number of carbonyl (C=O) groups is 2. The molecule has 0 aromatic heterocycles. The second-order valence-electron chi connectivity index (χ2n) is 6.72. The largest absolute Gasteiger partial charge is 0.482 e. The fraction of sp³-hybridized carbons (Fsp3) is 0.579. The van der Waals surface area contributed by atoms with Gasteiger partial charge in [-0.1, -0.05) is 33.8 Å². The van der Waals surface area contributed by atoms with Crippen molar-refractivity contribution in [1.29, 1.82) is 0 Å². The lowest BCUT2D eigenvalue weighted by Crippen LogP contribution is -2.39. The first-order valence-electron chi connectivity index (χ1n) is 8.39. The minimum absolute atomic E-state index is 0.0369. The minimum Gasteiger partial charge on any atom is -0.482 e. The maximum atomic E-state index is 11.7. The van der Waals surface area contributed by atoms with Gasteiger partial charge in [0.1, 0.15) is 5.75 Å². The third kappa shape index (κ3) is 6.60. The summed E-state index contributed by atoms with van der Waals surface area (Å²) in [7, 11) is 0. The lowest BCUT2D eigenvalue weighted by atomic mass is 9.98. The van der Waals surface area contributed by atoms with Crippen LogP contribution in [0.15, 0.2) is 18.2 Å². The first-order chi connectivity index (χ1) is 11.2. The zero-order valence-electron chi connectivity index (χ0n) is 15.5. The normalized spacial score (nSPS) is 12.2. The first-order valence-corrected chi connectivity index (χ1v) is 8.39. The Labute approximate surface area is 144 Å². The highest BCUT2D eigenvalue weighted by Crippen LogP contribution is 2.23. The van der Waals surface area contributed by atoms with E-state index in [4.69, 9.17) is 9.47 Å². The molecule has 1 rings (SSSR count). The van der Waals surface area contributed by atoms with Crippen LogP contribution in [0.4, 0.5) is 0 Å². The van der Waals surface area contributed by atoms with Crippen molar-refractivity contribution in [1.82, 2.24) is 5.32 Å². The average Bonchev–Trinajstić information content (AvgIpc) is 2.50. The van der Waals surface area contributed by atoms with Crippen LogP contribution in [-0.2, 0) is 14.3 Å². The standard InChI is InChI=1S/C19H29NO4/c1-12(2)15(6)20-18(21)10-24-19(22)11-23-16-7-8-17(13(3)4)14(5)9-16/h7-9,12-13,15H,10-11H2,1-6H3,(H,20,21)/t15-/m1/s1. The maximum absolute atomic E-state index is 11.7. The van der Waals surface area contributed by atoms with Gasteiger partial charge in [0, 0.05) is 6.04 Å². The summed E-state index contributed by atoms with van der Waals surface area (Å²) in [6.45, 7) is 11.7. The summed E-state index contributed by atoms with van der Waals surface area (Å²) in [5.74, 6) is 0.516. The molecule has 0 unspecified atom stereocenters. The van der Waals surface area contributed by atoms with Crippen molar-refractivity contribution in [2.24, 2.45) is 5.92 Å². The summed E-state index contributed by atoms with van der Waals surface area (Å²) < 4.78 is 10.4. The quantitative estimate of drug-likeness (QED) is 0.741. The predicted molar refractivity (Wildman–Crippen MR) is 94.2 cm³/mol. The number of carbonyl (C=O) groups excluding carboxylic acids is 2.